The number of hydrogen-bond acceptors (Lipinski definition) is 3. The van der Waals surface area contributed by atoms with E-state index in [0.717, 1.165) is 0 Å². The average Bonchev–Trinajstić information content (AvgIpc) is 1.64. The summed E-state index contributed by atoms with van der Waals surface area (Å²) in [4.78, 5) is 3.92. The van der Waals surface area contributed by atoms with Gasteiger partial charge >= 0.3 is 0 Å². The van der Waals surface area contributed by atoms with Crippen LogP contribution in [0.1, 0.15) is 13.8 Å². The molecule has 3 heteroatoms. The molecule has 54 valence electrons. The predicted octanol–water partition coefficient (Wildman–Crippen LogP) is 0.801. The van der Waals surface area contributed by atoms with Gasteiger partial charge in [0.1, 0.15) is 6.10 Å². The van der Waals surface area contributed by atoms with Gasteiger partial charge < -0.3 is 5.11 Å². The molecular weight excluding hydrogens is 120 g/mol. The zero-order chi connectivity index (χ0) is 7.44. The second-order valence-corrected chi connectivity index (χ2v) is 2.11. The molecule has 0 fully saturated rings. The van der Waals surface area contributed by atoms with Gasteiger partial charge in [0.05, 0.1) is 6.10 Å². The molecule has 2 unspecified atom stereocenters. The highest BCUT2D eigenvalue weighted by molar-refractivity contribution is 4.99. The van der Waals surface area contributed by atoms with Crippen LogP contribution in [0.2, 0.25) is 0 Å². The van der Waals surface area contributed by atoms with Crippen molar-refractivity contribution in [2.45, 2.75) is 26.1 Å². The molecule has 0 aromatic rings. The molecule has 0 aliphatic carbocycles. The Bertz CT molecular complexity index is 98.5. The highest BCUT2D eigenvalue weighted by atomic mass is 17.1. The van der Waals surface area contributed by atoms with Crippen LogP contribution in [0.3, 0.4) is 0 Å². The molecule has 3 nitrogen and oxygen atoms in total. The van der Waals surface area contributed by atoms with E-state index >= 15 is 0 Å². The number of aliphatic hydroxyl groups excluding tert-OH is 1. The van der Waals surface area contributed by atoms with Crippen molar-refractivity contribution in [3.63, 3.8) is 0 Å². The molecule has 0 saturated carbocycles. The van der Waals surface area contributed by atoms with E-state index in [2.05, 4.69) is 11.5 Å². The minimum absolute atomic E-state index is 0.604. The van der Waals surface area contributed by atoms with Gasteiger partial charge in [-0.25, -0.2) is 4.89 Å². The van der Waals surface area contributed by atoms with Gasteiger partial charge in [0.25, 0.3) is 0 Å². The number of hydrogen-bond donors (Lipinski definition) is 2. The Kier molecular flexibility index (Phi) is 3.46. The maximum absolute atomic E-state index is 8.84. The molecule has 0 bridgehead atoms. The van der Waals surface area contributed by atoms with E-state index in [0.29, 0.717) is 5.57 Å². The number of rotatable bonds is 3. The van der Waals surface area contributed by atoms with Gasteiger partial charge in [-0.3, -0.25) is 5.26 Å². The Labute approximate surface area is 54.5 Å². The van der Waals surface area contributed by atoms with Gasteiger partial charge in [0, 0.05) is 0 Å². The SMILES string of the molecule is C=C(C)C(OO)C(C)O. The van der Waals surface area contributed by atoms with Crippen molar-refractivity contribution in [2.75, 3.05) is 0 Å². The largest absolute Gasteiger partial charge is 0.390 e. The minimum atomic E-state index is -0.715. The van der Waals surface area contributed by atoms with Gasteiger partial charge in [0.15, 0.2) is 0 Å². The molecule has 9 heavy (non-hydrogen) atoms. The van der Waals surface area contributed by atoms with E-state index in [1.54, 1.807) is 6.92 Å². The molecule has 0 rings (SSSR count). The summed E-state index contributed by atoms with van der Waals surface area (Å²) in [6.45, 7) is 6.70. The smallest absolute Gasteiger partial charge is 0.139 e. The van der Waals surface area contributed by atoms with Crippen LogP contribution in [0, 0.1) is 0 Å². The first-order valence-corrected chi connectivity index (χ1v) is 2.73. The molecule has 0 amide bonds. The van der Waals surface area contributed by atoms with E-state index in [9.17, 15) is 0 Å². The average molecular weight is 132 g/mol. The maximum atomic E-state index is 8.84. The van der Waals surface area contributed by atoms with Crippen LogP contribution in [-0.2, 0) is 4.89 Å². The van der Waals surface area contributed by atoms with Crippen molar-refractivity contribution < 1.29 is 15.3 Å². The van der Waals surface area contributed by atoms with Crippen LogP contribution in [0.25, 0.3) is 0 Å². The lowest BCUT2D eigenvalue weighted by molar-refractivity contribution is -0.284. The molecule has 0 radical (unpaired) electrons. The van der Waals surface area contributed by atoms with E-state index in [1.807, 2.05) is 0 Å². The second kappa shape index (κ2) is 3.61. The lowest BCUT2D eigenvalue weighted by atomic mass is 10.1. The van der Waals surface area contributed by atoms with Gasteiger partial charge in [-0.1, -0.05) is 6.58 Å². The standard InChI is InChI=1S/C6H12O3/c1-4(2)6(9-8)5(3)7/h5-8H,1H2,2-3H3. The summed E-state index contributed by atoms with van der Waals surface area (Å²) in [6, 6.07) is 0. The van der Waals surface area contributed by atoms with Gasteiger partial charge in [-0.15, -0.1) is 0 Å². The van der Waals surface area contributed by atoms with Crippen LogP contribution in [-0.4, -0.2) is 22.6 Å². The van der Waals surface area contributed by atoms with Crippen LogP contribution in [0.5, 0.6) is 0 Å². The van der Waals surface area contributed by atoms with E-state index in [4.69, 9.17) is 10.4 Å². The van der Waals surface area contributed by atoms with Crippen molar-refractivity contribution in [3.05, 3.63) is 12.2 Å². The molecule has 0 aliphatic heterocycles. The van der Waals surface area contributed by atoms with E-state index in [1.165, 1.54) is 6.92 Å². The highest BCUT2D eigenvalue weighted by Crippen LogP contribution is 2.06. The predicted molar refractivity (Wildman–Crippen MR) is 34.0 cm³/mol. The topological polar surface area (TPSA) is 49.7 Å². The Morgan fingerprint density at radius 1 is 1.67 bits per heavy atom. The van der Waals surface area contributed by atoms with Crippen LogP contribution < -0.4 is 0 Å². The third-order valence-electron chi connectivity index (χ3n) is 1.04. The van der Waals surface area contributed by atoms with Crippen LogP contribution >= 0.6 is 0 Å². The molecule has 0 heterocycles. The van der Waals surface area contributed by atoms with Crippen molar-refractivity contribution in [3.8, 4) is 0 Å². The third kappa shape index (κ3) is 2.60. The summed E-state index contributed by atoms with van der Waals surface area (Å²) in [5.41, 5.74) is 0.604. The van der Waals surface area contributed by atoms with E-state index in [-0.39, 0.29) is 0 Å². The third-order valence-corrected chi connectivity index (χ3v) is 1.04. The summed E-state index contributed by atoms with van der Waals surface area (Å²) in [5.74, 6) is 0. The van der Waals surface area contributed by atoms with Gasteiger partial charge in [-0.2, -0.15) is 0 Å². The second-order valence-electron chi connectivity index (χ2n) is 2.11. The van der Waals surface area contributed by atoms with E-state index < -0.39 is 12.2 Å². The zero-order valence-electron chi connectivity index (χ0n) is 5.66. The fourth-order valence-electron chi connectivity index (χ4n) is 0.590. The van der Waals surface area contributed by atoms with Gasteiger partial charge in [-0.05, 0) is 19.4 Å². The molecule has 0 aliphatic rings. The first kappa shape index (κ1) is 8.62. The molecule has 0 aromatic heterocycles. The summed E-state index contributed by atoms with van der Waals surface area (Å²) < 4.78 is 0. The highest BCUT2D eigenvalue weighted by Gasteiger charge is 2.15. The summed E-state index contributed by atoms with van der Waals surface area (Å²) >= 11 is 0. The molecular formula is C6H12O3. The quantitative estimate of drug-likeness (QED) is 0.339. The summed E-state index contributed by atoms with van der Waals surface area (Å²) in [6.07, 6.45) is -1.38. The Balaban J connectivity index is 3.83. The molecule has 2 atom stereocenters. The lowest BCUT2D eigenvalue weighted by Gasteiger charge is -2.15. The molecule has 0 saturated heterocycles. The Morgan fingerprint density at radius 2 is 2.11 bits per heavy atom. The van der Waals surface area contributed by atoms with Crippen molar-refractivity contribution in [1.82, 2.24) is 0 Å². The minimum Gasteiger partial charge on any atom is -0.390 e. The Morgan fingerprint density at radius 3 is 2.11 bits per heavy atom. The fourth-order valence-corrected chi connectivity index (χ4v) is 0.590. The normalized spacial score (nSPS) is 16.9. The van der Waals surface area contributed by atoms with Crippen LogP contribution in [0.4, 0.5) is 0 Å². The monoisotopic (exact) mass is 132 g/mol. The summed E-state index contributed by atoms with van der Waals surface area (Å²) in [7, 11) is 0. The molecule has 2 N–H and O–H groups in total. The molecule has 0 spiro atoms. The number of aliphatic hydroxyl groups is 1. The first-order chi connectivity index (χ1) is 4.09. The zero-order valence-corrected chi connectivity index (χ0v) is 5.66. The first-order valence-electron chi connectivity index (χ1n) is 2.73. The van der Waals surface area contributed by atoms with Crippen molar-refractivity contribution >= 4 is 0 Å². The van der Waals surface area contributed by atoms with Crippen LogP contribution in [0.15, 0.2) is 12.2 Å². The van der Waals surface area contributed by atoms with Gasteiger partial charge in [0.2, 0.25) is 0 Å². The molecule has 0 aromatic carbocycles. The van der Waals surface area contributed by atoms with Crippen molar-refractivity contribution in [1.29, 1.82) is 0 Å². The fraction of sp³-hybridized carbons (Fsp3) is 0.667. The maximum Gasteiger partial charge on any atom is 0.139 e. The summed E-state index contributed by atoms with van der Waals surface area (Å²) in [5, 5.41) is 17.0. The lowest BCUT2D eigenvalue weighted by Crippen LogP contribution is -2.25. The van der Waals surface area contributed by atoms with Crippen molar-refractivity contribution in [2.24, 2.45) is 0 Å². The Hall–Kier alpha value is -0.380.